The van der Waals surface area contributed by atoms with Gasteiger partial charge in [-0.25, -0.2) is 0 Å². The zero-order valence-electron chi connectivity index (χ0n) is 9.55. The molecule has 0 aliphatic carbocycles. The Bertz CT molecular complexity index is 513. The van der Waals surface area contributed by atoms with E-state index in [1.54, 1.807) is 12.1 Å². The summed E-state index contributed by atoms with van der Waals surface area (Å²) in [7, 11) is 0. The van der Waals surface area contributed by atoms with Crippen LogP contribution in [0.3, 0.4) is 0 Å². The van der Waals surface area contributed by atoms with Crippen LogP contribution in [0.2, 0.25) is 0 Å². The molecule has 1 fully saturated rings. The summed E-state index contributed by atoms with van der Waals surface area (Å²) in [5.74, 6) is -2.06. The predicted octanol–water partition coefficient (Wildman–Crippen LogP) is 0.229. The van der Waals surface area contributed by atoms with Crippen molar-refractivity contribution in [1.82, 2.24) is 10.3 Å². The Morgan fingerprint density at radius 1 is 1.50 bits per heavy atom. The number of aromatic nitrogens is 1. The minimum absolute atomic E-state index is 0.108. The lowest BCUT2D eigenvalue weighted by molar-refractivity contribution is -0.136. The number of piperidine rings is 1. The van der Waals surface area contributed by atoms with Gasteiger partial charge in [-0.1, -0.05) is 0 Å². The van der Waals surface area contributed by atoms with Crippen LogP contribution in [-0.4, -0.2) is 27.9 Å². The fraction of sp³-hybridized carbons (Fsp3) is 0.333. The van der Waals surface area contributed by atoms with Crippen molar-refractivity contribution >= 4 is 17.8 Å². The van der Waals surface area contributed by atoms with Gasteiger partial charge < -0.3 is 5.11 Å². The van der Waals surface area contributed by atoms with Crippen LogP contribution in [0.4, 0.5) is 0 Å². The topological polar surface area (TPSA) is 96.4 Å². The number of carbonyl (C=O) groups excluding carboxylic acids is 2. The molecule has 1 aromatic rings. The maximum absolute atomic E-state index is 11.7. The molecule has 0 bridgehead atoms. The number of amides is 2. The zero-order valence-corrected chi connectivity index (χ0v) is 9.55. The van der Waals surface area contributed by atoms with Crippen LogP contribution in [0.1, 0.15) is 30.0 Å². The minimum Gasteiger partial charge on any atom is -0.481 e. The zero-order chi connectivity index (χ0) is 13.1. The van der Waals surface area contributed by atoms with Gasteiger partial charge in [0.15, 0.2) is 0 Å². The largest absolute Gasteiger partial charge is 0.481 e. The van der Waals surface area contributed by atoms with Crippen LogP contribution in [0.25, 0.3) is 0 Å². The van der Waals surface area contributed by atoms with Gasteiger partial charge >= 0.3 is 5.97 Å². The van der Waals surface area contributed by atoms with Crippen LogP contribution in [0.5, 0.6) is 0 Å². The summed E-state index contributed by atoms with van der Waals surface area (Å²) >= 11 is 0. The maximum Gasteiger partial charge on any atom is 0.307 e. The number of hydrogen-bond acceptors (Lipinski definition) is 4. The first-order chi connectivity index (χ1) is 8.56. The molecule has 6 heteroatoms. The molecular formula is C12H12N2O4. The van der Waals surface area contributed by atoms with Crippen molar-refractivity contribution in [3.05, 3.63) is 29.6 Å². The summed E-state index contributed by atoms with van der Waals surface area (Å²) < 4.78 is 0. The van der Waals surface area contributed by atoms with Gasteiger partial charge in [-0.3, -0.25) is 24.7 Å². The third kappa shape index (κ3) is 2.71. The second-order valence-electron chi connectivity index (χ2n) is 4.16. The quantitative estimate of drug-likeness (QED) is 0.746. The Labute approximate surface area is 103 Å². The number of nitrogens with zero attached hydrogens (tertiary/aromatic N) is 1. The molecule has 18 heavy (non-hydrogen) atoms. The van der Waals surface area contributed by atoms with Gasteiger partial charge in [0.1, 0.15) is 0 Å². The fourth-order valence-corrected chi connectivity index (χ4v) is 1.95. The minimum atomic E-state index is -0.935. The standard InChI is InChI=1S/C12H12N2O4/c15-10-2-1-8(12(18)14-10)9-5-7(3-4-13-9)6-11(16)17/h3-5,8H,1-2,6H2,(H,16,17)(H,14,15,18). The van der Waals surface area contributed by atoms with Crippen molar-refractivity contribution in [3.63, 3.8) is 0 Å². The smallest absolute Gasteiger partial charge is 0.307 e. The number of aliphatic carboxylic acids is 1. The van der Waals surface area contributed by atoms with Crippen LogP contribution in [0.15, 0.2) is 18.3 Å². The second kappa shape index (κ2) is 4.95. The molecule has 0 radical (unpaired) electrons. The van der Waals surface area contributed by atoms with Crippen LogP contribution < -0.4 is 5.32 Å². The molecule has 6 nitrogen and oxygen atoms in total. The third-order valence-corrected chi connectivity index (χ3v) is 2.80. The average Bonchev–Trinajstić information content (AvgIpc) is 2.28. The Morgan fingerprint density at radius 2 is 2.28 bits per heavy atom. The van der Waals surface area contributed by atoms with E-state index in [0.29, 0.717) is 17.7 Å². The number of carboxylic acid groups (broad SMARTS) is 1. The number of nitrogens with one attached hydrogen (secondary N) is 1. The van der Waals surface area contributed by atoms with Crippen molar-refractivity contribution in [2.24, 2.45) is 0 Å². The monoisotopic (exact) mass is 248 g/mol. The number of carboxylic acids is 1. The number of rotatable bonds is 3. The van der Waals surface area contributed by atoms with E-state index < -0.39 is 11.9 Å². The van der Waals surface area contributed by atoms with Crippen LogP contribution in [-0.2, 0) is 20.8 Å². The highest BCUT2D eigenvalue weighted by molar-refractivity contribution is 6.00. The van der Waals surface area contributed by atoms with Gasteiger partial charge in [0.25, 0.3) is 0 Å². The van der Waals surface area contributed by atoms with Gasteiger partial charge in [0.05, 0.1) is 18.0 Å². The molecule has 1 unspecified atom stereocenters. The van der Waals surface area contributed by atoms with E-state index in [4.69, 9.17) is 5.11 Å². The van der Waals surface area contributed by atoms with Crippen molar-refractivity contribution in [2.45, 2.75) is 25.2 Å². The molecule has 0 aromatic carbocycles. The maximum atomic E-state index is 11.7. The summed E-state index contributed by atoms with van der Waals surface area (Å²) in [5.41, 5.74) is 1.11. The Hall–Kier alpha value is -2.24. The molecule has 1 atom stereocenters. The lowest BCUT2D eigenvalue weighted by Gasteiger charge is -2.20. The molecule has 0 spiro atoms. The summed E-state index contributed by atoms with van der Waals surface area (Å²) in [6.45, 7) is 0. The van der Waals surface area contributed by atoms with Crippen LogP contribution in [0, 0.1) is 0 Å². The fourth-order valence-electron chi connectivity index (χ4n) is 1.95. The van der Waals surface area contributed by atoms with Crippen molar-refractivity contribution in [2.75, 3.05) is 0 Å². The normalized spacial score (nSPS) is 19.4. The number of carbonyl (C=O) groups is 3. The van der Waals surface area contributed by atoms with Gasteiger partial charge in [-0.15, -0.1) is 0 Å². The van der Waals surface area contributed by atoms with Crippen molar-refractivity contribution in [3.8, 4) is 0 Å². The first-order valence-electron chi connectivity index (χ1n) is 5.56. The first kappa shape index (κ1) is 12.2. The Morgan fingerprint density at radius 3 is 2.94 bits per heavy atom. The molecule has 2 rings (SSSR count). The highest BCUT2D eigenvalue weighted by atomic mass is 16.4. The summed E-state index contributed by atoms with van der Waals surface area (Å²) in [6, 6.07) is 3.21. The summed E-state index contributed by atoms with van der Waals surface area (Å²) in [6.07, 6.45) is 2.07. The van der Waals surface area contributed by atoms with Gasteiger partial charge in [0.2, 0.25) is 11.8 Å². The van der Waals surface area contributed by atoms with Crippen LogP contribution >= 0.6 is 0 Å². The van der Waals surface area contributed by atoms with Crippen molar-refractivity contribution < 1.29 is 19.5 Å². The number of hydrogen-bond donors (Lipinski definition) is 2. The van der Waals surface area contributed by atoms with E-state index in [9.17, 15) is 14.4 Å². The molecule has 1 aromatic heterocycles. The number of imide groups is 1. The molecule has 94 valence electrons. The van der Waals surface area contributed by atoms with E-state index in [2.05, 4.69) is 10.3 Å². The number of pyridine rings is 1. The Balaban J connectivity index is 2.20. The lowest BCUT2D eigenvalue weighted by Crippen LogP contribution is -2.39. The summed E-state index contributed by atoms with van der Waals surface area (Å²) in [4.78, 5) is 37.4. The summed E-state index contributed by atoms with van der Waals surface area (Å²) in [5, 5.41) is 11.0. The van der Waals surface area contributed by atoms with E-state index in [1.807, 2.05) is 0 Å². The SMILES string of the molecule is O=C(O)Cc1ccnc(C2CCC(=O)NC2=O)c1. The second-order valence-corrected chi connectivity index (χ2v) is 4.16. The van der Waals surface area contributed by atoms with Crippen molar-refractivity contribution in [1.29, 1.82) is 0 Å². The molecule has 1 saturated heterocycles. The lowest BCUT2D eigenvalue weighted by atomic mass is 9.93. The van der Waals surface area contributed by atoms with E-state index >= 15 is 0 Å². The average molecular weight is 248 g/mol. The molecule has 1 aliphatic rings. The predicted molar refractivity (Wildman–Crippen MR) is 60.7 cm³/mol. The van der Waals surface area contributed by atoms with E-state index in [1.165, 1.54) is 6.20 Å². The molecular weight excluding hydrogens is 236 g/mol. The first-order valence-corrected chi connectivity index (χ1v) is 5.56. The molecule has 0 saturated carbocycles. The molecule has 2 amide bonds. The third-order valence-electron chi connectivity index (χ3n) is 2.80. The van der Waals surface area contributed by atoms with Gasteiger partial charge in [-0.05, 0) is 24.1 Å². The van der Waals surface area contributed by atoms with Gasteiger partial charge in [-0.2, -0.15) is 0 Å². The highest BCUT2D eigenvalue weighted by Crippen LogP contribution is 2.23. The molecule has 2 N–H and O–H groups in total. The van der Waals surface area contributed by atoms with E-state index in [-0.39, 0.29) is 24.7 Å². The molecule has 2 heterocycles. The molecule has 1 aliphatic heterocycles. The van der Waals surface area contributed by atoms with Gasteiger partial charge in [0, 0.05) is 12.6 Å². The highest BCUT2D eigenvalue weighted by Gasteiger charge is 2.28. The van der Waals surface area contributed by atoms with E-state index in [0.717, 1.165) is 0 Å². The Kier molecular flexibility index (Phi) is 3.36.